The second-order valence-electron chi connectivity index (χ2n) is 3.17. The Labute approximate surface area is 98.1 Å². The van der Waals surface area contributed by atoms with Gasteiger partial charge in [0, 0.05) is 5.02 Å². The van der Waals surface area contributed by atoms with Crippen molar-refractivity contribution in [2.75, 3.05) is 13.2 Å². The zero-order valence-corrected chi connectivity index (χ0v) is 9.28. The third-order valence-electron chi connectivity index (χ3n) is 1.85. The molecule has 1 atom stereocenters. The number of nitrogens with one attached hydrogen (secondary N) is 1. The zero-order chi connectivity index (χ0) is 12.0. The SMILES string of the molecule is NC(=O)CONCC(O)c1ccc(Cl)cc1. The number of carbonyl (C=O) groups excluding carboxylic acids is 1. The number of carbonyl (C=O) groups is 1. The maximum atomic E-state index is 10.3. The van der Waals surface area contributed by atoms with Gasteiger partial charge in [0.2, 0.25) is 5.91 Å². The van der Waals surface area contributed by atoms with Crippen molar-refractivity contribution >= 4 is 17.5 Å². The molecule has 0 saturated carbocycles. The van der Waals surface area contributed by atoms with Crippen molar-refractivity contribution in [3.63, 3.8) is 0 Å². The van der Waals surface area contributed by atoms with Crippen LogP contribution in [0.2, 0.25) is 5.02 Å². The Balaban J connectivity index is 2.32. The van der Waals surface area contributed by atoms with E-state index in [1.807, 2.05) is 0 Å². The monoisotopic (exact) mass is 244 g/mol. The van der Waals surface area contributed by atoms with Crippen molar-refractivity contribution < 1.29 is 14.7 Å². The minimum Gasteiger partial charge on any atom is -0.387 e. The van der Waals surface area contributed by atoms with Crippen LogP contribution >= 0.6 is 11.6 Å². The summed E-state index contributed by atoms with van der Waals surface area (Å²) in [5.74, 6) is -0.575. The molecule has 5 nitrogen and oxygen atoms in total. The summed E-state index contributed by atoms with van der Waals surface area (Å²) < 4.78 is 0. The highest BCUT2D eigenvalue weighted by atomic mass is 35.5. The van der Waals surface area contributed by atoms with E-state index < -0.39 is 12.0 Å². The molecule has 0 saturated heterocycles. The lowest BCUT2D eigenvalue weighted by Gasteiger charge is -2.11. The van der Waals surface area contributed by atoms with E-state index in [1.54, 1.807) is 24.3 Å². The van der Waals surface area contributed by atoms with Gasteiger partial charge in [-0.3, -0.25) is 9.63 Å². The molecule has 16 heavy (non-hydrogen) atoms. The molecule has 0 heterocycles. The van der Waals surface area contributed by atoms with Crippen LogP contribution in [0.4, 0.5) is 0 Å². The Morgan fingerprint density at radius 3 is 2.69 bits per heavy atom. The number of hydrogen-bond donors (Lipinski definition) is 3. The zero-order valence-electron chi connectivity index (χ0n) is 8.52. The highest BCUT2D eigenvalue weighted by Gasteiger charge is 2.06. The van der Waals surface area contributed by atoms with Crippen LogP contribution in [0.1, 0.15) is 11.7 Å². The third kappa shape index (κ3) is 4.59. The van der Waals surface area contributed by atoms with Crippen LogP contribution in [0.15, 0.2) is 24.3 Å². The molecule has 0 radical (unpaired) electrons. The van der Waals surface area contributed by atoms with Crippen LogP contribution in [-0.4, -0.2) is 24.2 Å². The summed E-state index contributed by atoms with van der Waals surface area (Å²) in [6.07, 6.45) is -0.731. The lowest BCUT2D eigenvalue weighted by Crippen LogP contribution is -2.27. The number of nitrogens with two attached hydrogens (primary N) is 1. The summed E-state index contributed by atoms with van der Waals surface area (Å²) in [7, 11) is 0. The molecule has 0 fully saturated rings. The Morgan fingerprint density at radius 2 is 2.12 bits per heavy atom. The summed E-state index contributed by atoms with van der Waals surface area (Å²) in [4.78, 5) is 15.0. The van der Waals surface area contributed by atoms with E-state index in [-0.39, 0.29) is 13.2 Å². The second-order valence-corrected chi connectivity index (χ2v) is 3.61. The third-order valence-corrected chi connectivity index (χ3v) is 2.10. The number of aliphatic hydroxyl groups excluding tert-OH is 1. The van der Waals surface area contributed by atoms with E-state index in [0.29, 0.717) is 10.6 Å². The lowest BCUT2D eigenvalue weighted by molar-refractivity contribution is -0.125. The molecule has 4 N–H and O–H groups in total. The average Bonchev–Trinajstić information content (AvgIpc) is 2.25. The Hall–Kier alpha value is -1.14. The van der Waals surface area contributed by atoms with Gasteiger partial charge in [-0.05, 0) is 17.7 Å². The topological polar surface area (TPSA) is 84.6 Å². The number of hydroxylamine groups is 1. The van der Waals surface area contributed by atoms with Gasteiger partial charge in [0.15, 0.2) is 0 Å². The molecule has 0 aliphatic heterocycles. The highest BCUT2D eigenvalue weighted by Crippen LogP contribution is 2.15. The van der Waals surface area contributed by atoms with Gasteiger partial charge in [-0.15, -0.1) is 0 Å². The van der Waals surface area contributed by atoms with Gasteiger partial charge >= 0.3 is 0 Å². The van der Waals surface area contributed by atoms with Crippen molar-refractivity contribution in [2.45, 2.75) is 6.10 Å². The van der Waals surface area contributed by atoms with Crippen molar-refractivity contribution in [1.29, 1.82) is 0 Å². The van der Waals surface area contributed by atoms with Crippen molar-refractivity contribution in [1.82, 2.24) is 5.48 Å². The van der Waals surface area contributed by atoms with E-state index in [1.165, 1.54) is 0 Å². The largest absolute Gasteiger partial charge is 0.387 e. The van der Waals surface area contributed by atoms with E-state index in [4.69, 9.17) is 22.2 Å². The molecular formula is C10H13ClN2O3. The van der Waals surface area contributed by atoms with Crippen LogP contribution in [-0.2, 0) is 9.63 Å². The molecule has 0 bridgehead atoms. The standard InChI is InChI=1S/C10H13ClN2O3/c11-8-3-1-7(2-4-8)9(14)5-13-16-6-10(12)15/h1-4,9,13-14H,5-6H2,(H2,12,15). The van der Waals surface area contributed by atoms with E-state index in [2.05, 4.69) is 5.48 Å². The molecular weight excluding hydrogens is 232 g/mol. The van der Waals surface area contributed by atoms with Crippen molar-refractivity contribution in [3.05, 3.63) is 34.9 Å². The van der Waals surface area contributed by atoms with Gasteiger partial charge in [0.1, 0.15) is 6.61 Å². The van der Waals surface area contributed by atoms with Gasteiger partial charge in [0.05, 0.1) is 12.6 Å². The first-order chi connectivity index (χ1) is 7.59. The number of halogens is 1. The maximum absolute atomic E-state index is 10.3. The molecule has 1 rings (SSSR count). The number of aliphatic hydroxyl groups is 1. The predicted molar refractivity (Wildman–Crippen MR) is 59.6 cm³/mol. The van der Waals surface area contributed by atoms with Crippen LogP contribution in [0.5, 0.6) is 0 Å². The lowest BCUT2D eigenvalue weighted by atomic mass is 10.1. The molecule has 0 spiro atoms. The molecule has 88 valence electrons. The Bertz CT molecular complexity index is 342. The summed E-state index contributed by atoms with van der Waals surface area (Å²) in [5.41, 5.74) is 8.01. The van der Waals surface area contributed by atoms with Crippen LogP contribution in [0.3, 0.4) is 0 Å². The number of amides is 1. The van der Waals surface area contributed by atoms with Gasteiger partial charge in [-0.25, -0.2) is 0 Å². The summed E-state index contributed by atoms with van der Waals surface area (Å²) in [6, 6.07) is 6.79. The van der Waals surface area contributed by atoms with Crippen LogP contribution in [0, 0.1) is 0 Å². The second kappa shape index (κ2) is 6.44. The van der Waals surface area contributed by atoms with Crippen LogP contribution < -0.4 is 11.2 Å². The molecule has 6 heteroatoms. The van der Waals surface area contributed by atoms with Crippen LogP contribution in [0.25, 0.3) is 0 Å². The maximum Gasteiger partial charge on any atom is 0.245 e. The predicted octanol–water partition coefficient (Wildman–Crippen LogP) is 0.380. The van der Waals surface area contributed by atoms with E-state index >= 15 is 0 Å². The molecule has 0 aliphatic rings. The summed E-state index contributed by atoms with van der Waals surface area (Å²) in [5, 5.41) is 10.3. The quantitative estimate of drug-likeness (QED) is 0.499. The number of rotatable bonds is 6. The fourth-order valence-electron chi connectivity index (χ4n) is 1.06. The molecule has 1 aromatic carbocycles. The number of hydrogen-bond acceptors (Lipinski definition) is 4. The Morgan fingerprint density at radius 1 is 1.50 bits per heavy atom. The van der Waals surface area contributed by atoms with E-state index in [0.717, 1.165) is 0 Å². The average molecular weight is 245 g/mol. The molecule has 1 aromatic rings. The normalized spacial score (nSPS) is 12.4. The van der Waals surface area contributed by atoms with E-state index in [9.17, 15) is 9.90 Å². The van der Waals surface area contributed by atoms with Gasteiger partial charge < -0.3 is 10.8 Å². The first kappa shape index (κ1) is 12.9. The minimum absolute atomic E-state index is 0.162. The van der Waals surface area contributed by atoms with Gasteiger partial charge in [-0.2, -0.15) is 5.48 Å². The highest BCUT2D eigenvalue weighted by molar-refractivity contribution is 6.30. The molecule has 0 aliphatic carbocycles. The smallest absolute Gasteiger partial charge is 0.245 e. The summed E-state index contributed by atoms with van der Waals surface area (Å²) >= 11 is 5.70. The fraction of sp³-hybridized carbons (Fsp3) is 0.300. The minimum atomic E-state index is -0.731. The first-order valence-electron chi connectivity index (χ1n) is 4.66. The number of benzene rings is 1. The molecule has 1 amide bonds. The fourth-order valence-corrected chi connectivity index (χ4v) is 1.19. The van der Waals surface area contributed by atoms with Crippen molar-refractivity contribution in [3.8, 4) is 0 Å². The molecule has 0 aromatic heterocycles. The van der Waals surface area contributed by atoms with Gasteiger partial charge in [0.25, 0.3) is 0 Å². The van der Waals surface area contributed by atoms with Crippen molar-refractivity contribution in [2.24, 2.45) is 5.73 Å². The Kier molecular flexibility index (Phi) is 5.21. The van der Waals surface area contributed by atoms with Gasteiger partial charge in [-0.1, -0.05) is 23.7 Å². The molecule has 1 unspecified atom stereocenters. The summed E-state index contributed by atoms with van der Waals surface area (Å²) in [6.45, 7) is -0.0672. The first-order valence-corrected chi connectivity index (χ1v) is 5.04. The number of primary amides is 1.